The minimum atomic E-state index is -4.11. The summed E-state index contributed by atoms with van der Waals surface area (Å²) in [7, 11) is 0. The Morgan fingerprint density at radius 1 is 1.52 bits per heavy atom. The third-order valence-corrected chi connectivity index (χ3v) is 2.83. The SMILES string of the molecule is C=C(C)C(CCC)C(F)(F)F.O=COn1ccccc1=S. The molecule has 118 valence electrons. The van der Waals surface area contributed by atoms with E-state index in [0.29, 0.717) is 17.5 Å². The largest absolute Gasteiger partial charge is 0.395 e. The fraction of sp³-hybridized carbons (Fsp3) is 0.429. The number of allylic oxidation sites excluding steroid dienone is 1. The summed E-state index contributed by atoms with van der Waals surface area (Å²) < 4.78 is 38.0. The van der Waals surface area contributed by atoms with Crippen LogP contribution in [0.25, 0.3) is 0 Å². The van der Waals surface area contributed by atoms with Crippen LogP contribution < -0.4 is 4.84 Å². The van der Waals surface area contributed by atoms with Gasteiger partial charge in [0.15, 0.2) is 0 Å². The van der Waals surface area contributed by atoms with Gasteiger partial charge in [-0.05, 0) is 25.5 Å². The molecule has 1 heterocycles. The number of aromatic nitrogens is 1. The van der Waals surface area contributed by atoms with Crippen molar-refractivity contribution >= 4 is 18.7 Å². The second kappa shape index (κ2) is 9.33. The van der Waals surface area contributed by atoms with Gasteiger partial charge in [0, 0.05) is 6.20 Å². The Kier molecular flexibility index (Phi) is 8.61. The van der Waals surface area contributed by atoms with Gasteiger partial charge in [-0.25, -0.2) is 0 Å². The topological polar surface area (TPSA) is 31.2 Å². The van der Waals surface area contributed by atoms with Gasteiger partial charge in [-0.15, -0.1) is 0 Å². The quantitative estimate of drug-likeness (QED) is 0.459. The molecule has 1 rings (SSSR count). The predicted molar refractivity (Wildman–Crippen MR) is 77.2 cm³/mol. The average molecular weight is 321 g/mol. The molecule has 1 atom stereocenters. The van der Waals surface area contributed by atoms with Crippen molar-refractivity contribution in [3.05, 3.63) is 41.2 Å². The molecule has 0 bridgehead atoms. The third-order valence-electron chi connectivity index (χ3n) is 2.51. The lowest BCUT2D eigenvalue weighted by Crippen LogP contribution is -2.23. The molecule has 0 spiro atoms. The number of alkyl halides is 3. The molecule has 3 nitrogen and oxygen atoms in total. The maximum atomic E-state index is 12.1. The first-order valence-corrected chi connectivity index (χ1v) is 6.65. The molecule has 0 aromatic carbocycles. The molecule has 0 N–H and O–H groups in total. The number of carbonyl (C=O) groups excluding carboxylic acids is 1. The molecular weight excluding hydrogens is 303 g/mol. The van der Waals surface area contributed by atoms with Crippen molar-refractivity contribution in [2.75, 3.05) is 0 Å². The Balaban J connectivity index is 0.000000382. The zero-order chi connectivity index (χ0) is 16.5. The smallest absolute Gasteiger partial charge is 0.339 e. The summed E-state index contributed by atoms with van der Waals surface area (Å²) in [6.07, 6.45) is -1.85. The van der Waals surface area contributed by atoms with E-state index >= 15 is 0 Å². The molecule has 0 aliphatic heterocycles. The van der Waals surface area contributed by atoms with Crippen LogP contribution in [0.1, 0.15) is 26.7 Å². The van der Waals surface area contributed by atoms with Crippen molar-refractivity contribution in [3.8, 4) is 0 Å². The molecule has 0 amide bonds. The fourth-order valence-electron chi connectivity index (χ4n) is 1.52. The maximum absolute atomic E-state index is 12.1. The summed E-state index contributed by atoms with van der Waals surface area (Å²) in [6, 6.07) is 5.16. The van der Waals surface area contributed by atoms with Gasteiger partial charge < -0.3 is 4.84 Å². The Bertz CT molecular complexity index is 511. The van der Waals surface area contributed by atoms with Crippen molar-refractivity contribution in [1.82, 2.24) is 4.73 Å². The van der Waals surface area contributed by atoms with Crippen LogP contribution in [0.5, 0.6) is 0 Å². The first kappa shape index (κ1) is 19.4. The second-order valence-corrected chi connectivity index (χ2v) is 4.71. The van der Waals surface area contributed by atoms with E-state index in [-0.39, 0.29) is 12.0 Å². The molecule has 1 aromatic rings. The highest BCUT2D eigenvalue weighted by molar-refractivity contribution is 7.71. The zero-order valence-corrected chi connectivity index (χ0v) is 12.7. The van der Waals surface area contributed by atoms with Crippen molar-refractivity contribution < 1.29 is 22.8 Å². The lowest BCUT2D eigenvalue weighted by Gasteiger charge is -2.19. The van der Waals surface area contributed by atoms with Gasteiger partial charge in [-0.2, -0.15) is 17.9 Å². The molecule has 1 unspecified atom stereocenters. The summed E-state index contributed by atoms with van der Waals surface area (Å²) in [6.45, 7) is 6.81. The highest BCUT2D eigenvalue weighted by Gasteiger charge is 2.38. The fourth-order valence-corrected chi connectivity index (χ4v) is 1.71. The first-order valence-electron chi connectivity index (χ1n) is 6.24. The van der Waals surface area contributed by atoms with Crippen molar-refractivity contribution in [3.63, 3.8) is 0 Å². The van der Waals surface area contributed by atoms with E-state index in [0.717, 1.165) is 0 Å². The molecule has 0 saturated heterocycles. The van der Waals surface area contributed by atoms with Crippen LogP contribution in [-0.4, -0.2) is 17.4 Å². The summed E-state index contributed by atoms with van der Waals surface area (Å²) >= 11 is 4.80. The van der Waals surface area contributed by atoms with Crippen LogP contribution in [0.3, 0.4) is 0 Å². The van der Waals surface area contributed by atoms with E-state index in [1.165, 1.54) is 11.7 Å². The van der Waals surface area contributed by atoms with Gasteiger partial charge in [0.1, 0.15) is 4.64 Å². The van der Waals surface area contributed by atoms with Gasteiger partial charge in [-0.1, -0.05) is 43.8 Å². The Labute approximate surface area is 127 Å². The molecular formula is C14H18F3NO2S. The number of hydrogen-bond donors (Lipinski definition) is 0. The lowest BCUT2D eigenvalue weighted by molar-refractivity contribution is -0.165. The minimum Gasteiger partial charge on any atom is -0.339 e. The first-order chi connectivity index (χ1) is 9.73. The van der Waals surface area contributed by atoms with Gasteiger partial charge in [-0.3, -0.25) is 4.79 Å². The van der Waals surface area contributed by atoms with Crippen LogP contribution in [0, 0.1) is 10.6 Å². The normalized spacial score (nSPS) is 11.9. The highest BCUT2D eigenvalue weighted by atomic mass is 32.1. The summed E-state index contributed by atoms with van der Waals surface area (Å²) in [5.41, 5.74) is 0.208. The number of carbonyl (C=O) groups is 1. The molecule has 0 aliphatic rings. The second-order valence-electron chi connectivity index (χ2n) is 4.30. The number of halogens is 3. The van der Waals surface area contributed by atoms with E-state index in [1.807, 2.05) is 0 Å². The van der Waals surface area contributed by atoms with Crippen molar-refractivity contribution in [2.24, 2.45) is 5.92 Å². The number of hydrogen-bond acceptors (Lipinski definition) is 3. The van der Waals surface area contributed by atoms with Crippen LogP contribution in [0.2, 0.25) is 0 Å². The van der Waals surface area contributed by atoms with E-state index in [1.54, 1.807) is 31.3 Å². The zero-order valence-electron chi connectivity index (χ0n) is 11.9. The third kappa shape index (κ3) is 7.65. The van der Waals surface area contributed by atoms with Crippen LogP contribution in [0.4, 0.5) is 13.2 Å². The number of rotatable bonds is 5. The Morgan fingerprint density at radius 2 is 2.14 bits per heavy atom. The summed E-state index contributed by atoms with van der Waals surface area (Å²) in [4.78, 5) is 14.3. The summed E-state index contributed by atoms with van der Waals surface area (Å²) in [5, 5.41) is 0. The van der Waals surface area contributed by atoms with Crippen LogP contribution >= 0.6 is 12.2 Å². The van der Waals surface area contributed by atoms with E-state index in [4.69, 9.17) is 12.2 Å². The summed E-state index contributed by atoms with van der Waals surface area (Å²) in [5.74, 6) is -1.31. The highest BCUT2D eigenvalue weighted by Crippen LogP contribution is 2.34. The van der Waals surface area contributed by atoms with Gasteiger partial charge in [0.05, 0.1) is 5.92 Å². The van der Waals surface area contributed by atoms with Crippen LogP contribution in [0.15, 0.2) is 36.5 Å². The van der Waals surface area contributed by atoms with Gasteiger partial charge in [0.25, 0.3) is 0 Å². The van der Waals surface area contributed by atoms with Crippen LogP contribution in [-0.2, 0) is 4.79 Å². The van der Waals surface area contributed by atoms with Crippen molar-refractivity contribution in [1.29, 1.82) is 0 Å². The standard InChI is InChI=1S/C8H13F3.C6H5NO2S/c1-4-5-7(6(2)3)8(9,10)11;8-5-9-7-4-2-1-3-6(7)10/h7H,2,4-5H2,1,3H3;1-5H. The van der Waals surface area contributed by atoms with E-state index < -0.39 is 12.1 Å². The predicted octanol–water partition coefficient (Wildman–Crippen LogP) is 4.34. The van der Waals surface area contributed by atoms with Gasteiger partial charge >= 0.3 is 12.6 Å². The van der Waals surface area contributed by atoms with Gasteiger partial charge in [0.2, 0.25) is 0 Å². The molecule has 21 heavy (non-hydrogen) atoms. The Morgan fingerprint density at radius 3 is 2.48 bits per heavy atom. The molecule has 0 radical (unpaired) electrons. The van der Waals surface area contributed by atoms with E-state index in [9.17, 15) is 18.0 Å². The number of nitrogens with zero attached hydrogens (tertiary/aromatic N) is 1. The van der Waals surface area contributed by atoms with Crippen molar-refractivity contribution in [2.45, 2.75) is 32.9 Å². The molecule has 0 saturated carbocycles. The molecule has 0 fully saturated rings. The van der Waals surface area contributed by atoms with E-state index in [2.05, 4.69) is 11.4 Å². The Hall–Kier alpha value is -1.63. The molecule has 7 heteroatoms. The molecule has 0 aliphatic carbocycles. The molecule has 1 aromatic heterocycles. The average Bonchev–Trinajstić information content (AvgIpc) is 2.38. The lowest BCUT2D eigenvalue weighted by atomic mass is 9.96. The maximum Gasteiger partial charge on any atom is 0.395 e. The number of pyridine rings is 1. The minimum absolute atomic E-state index is 0.152. The monoisotopic (exact) mass is 321 g/mol.